The number of benzene rings is 3. The van der Waals surface area contributed by atoms with Gasteiger partial charge in [0.05, 0.1) is 26.6 Å². The Morgan fingerprint density at radius 1 is 0.868 bits per heavy atom. The predicted octanol–water partition coefficient (Wildman–Crippen LogP) is 4.75. The fourth-order valence-corrected chi connectivity index (χ4v) is 3.82. The van der Waals surface area contributed by atoms with Crippen LogP contribution in [0.2, 0.25) is 0 Å². The Labute approximate surface area is 221 Å². The summed E-state index contributed by atoms with van der Waals surface area (Å²) in [6.07, 6.45) is -1.16. The summed E-state index contributed by atoms with van der Waals surface area (Å²) in [5.41, 5.74) is 3.84. The summed E-state index contributed by atoms with van der Waals surface area (Å²) >= 11 is 0. The maximum absolute atomic E-state index is 12.1. The maximum Gasteiger partial charge on any atom is 0.511 e. The quantitative estimate of drug-likeness (QED) is 0.186. The highest BCUT2D eigenvalue weighted by Gasteiger charge is 2.15. The molecule has 0 heterocycles. The zero-order chi connectivity index (χ0) is 27.3. The van der Waals surface area contributed by atoms with Gasteiger partial charge in [-0.1, -0.05) is 42.5 Å². The van der Waals surface area contributed by atoms with E-state index in [-0.39, 0.29) is 37.1 Å². The molecule has 0 saturated carbocycles. The third kappa shape index (κ3) is 8.63. The minimum atomic E-state index is -1.42. The molecule has 0 atom stereocenters. The number of esters is 2. The zero-order valence-corrected chi connectivity index (χ0v) is 21.4. The first-order valence-electron chi connectivity index (χ1n) is 12.2. The molecule has 0 saturated heterocycles. The van der Waals surface area contributed by atoms with Crippen molar-refractivity contribution < 1.29 is 38.4 Å². The summed E-state index contributed by atoms with van der Waals surface area (Å²) in [7, 11) is 1.55. The van der Waals surface area contributed by atoms with Crippen LogP contribution in [-0.2, 0) is 38.6 Å². The van der Waals surface area contributed by atoms with Gasteiger partial charge in [0.25, 0.3) is 0 Å². The van der Waals surface area contributed by atoms with Crippen LogP contribution in [0.1, 0.15) is 30.0 Å². The number of ether oxygens (including phenoxy) is 4. The summed E-state index contributed by atoms with van der Waals surface area (Å²) in [5.74, 6) is 0.0601. The van der Waals surface area contributed by atoms with Crippen molar-refractivity contribution in [3.63, 3.8) is 0 Å². The minimum Gasteiger partial charge on any atom is -0.496 e. The predicted molar refractivity (Wildman–Crippen MR) is 140 cm³/mol. The highest BCUT2D eigenvalue weighted by atomic mass is 16.7. The van der Waals surface area contributed by atoms with Crippen molar-refractivity contribution in [1.82, 2.24) is 5.32 Å². The van der Waals surface area contributed by atoms with Crippen LogP contribution in [0, 0.1) is 0 Å². The average Bonchev–Trinajstić information content (AvgIpc) is 2.90. The Kier molecular flexibility index (Phi) is 10.7. The lowest BCUT2D eigenvalue weighted by molar-refractivity contribution is -0.145. The molecule has 38 heavy (non-hydrogen) atoms. The van der Waals surface area contributed by atoms with Crippen LogP contribution < -0.4 is 14.8 Å². The van der Waals surface area contributed by atoms with Crippen LogP contribution in [-0.4, -0.2) is 43.5 Å². The number of hydrogen-bond acceptors (Lipinski definition) is 8. The number of carbonyl (C=O) groups is 3. The van der Waals surface area contributed by atoms with Crippen molar-refractivity contribution in [3.05, 3.63) is 83.4 Å². The summed E-state index contributed by atoms with van der Waals surface area (Å²) in [6, 6.07) is 19.7. The van der Waals surface area contributed by atoms with Crippen LogP contribution in [0.15, 0.2) is 66.7 Å². The largest absolute Gasteiger partial charge is 0.511 e. The van der Waals surface area contributed by atoms with Gasteiger partial charge in [0.15, 0.2) is 0 Å². The Hall–Kier alpha value is -4.37. The van der Waals surface area contributed by atoms with Gasteiger partial charge in [-0.05, 0) is 53.4 Å². The van der Waals surface area contributed by atoms with Crippen LogP contribution in [0.5, 0.6) is 11.5 Å². The minimum absolute atomic E-state index is 0.101. The van der Waals surface area contributed by atoms with Gasteiger partial charge in [0, 0.05) is 18.7 Å². The SMILES string of the molecule is CCOC(=O)Cc1ccc(OC)c(-c2ccc(OC(=O)O)cc2CNCCC(=O)OCc2ccccc2)c1. The molecule has 0 aliphatic carbocycles. The van der Waals surface area contributed by atoms with Crippen LogP contribution in [0.25, 0.3) is 11.1 Å². The molecule has 0 aliphatic rings. The second kappa shape index (κ2) is 14.4. The van der Waals surface area contributed by atoms with Gasteiger partial charge in [-0.3, -0.25) is 9.59 Å². The number of nitrogens with one attached hydrogen (secondary N) is 1. The Morgan fingerprint density at radius 2 is 1.66 bits per heavy atom. The molecule has 2 N–H and O–H groups in total. The second-order valence-electron chi connectivity index (χ2n) is 8.28. The number of carboxylic acid groups (broad SMARTS) is 1. The molecular formula is C29H31NO8. The van der Waals surface area contributed by atoms with Gasteiger partial charge < -0.3 is 29.4 Å². The van der Waals surface area contributed by atoms with E-state index in [9.17, 15) is 14.4 Å². The first kappa shape index (κ1) is 28.2. The molecule has 3 rings (SSSR count). The van der Waals surface area contributed by atoms with E-state index in [0.717, 1.165) is 22.3 Å². The van der Waals surface area contributed by atoms with Crippen molar-refractivity contribution in [2.24, 2.45) is 0 Å². The molecule has 0 fully saturated rings. The van der Waals surface area contributed by atoms with E-state index in [1.54, 1.807) is 44.4 Å². The highest BCUT2D eigenvalue weighted by Crippen LogP contribution is 2.35. The first-order chi connectivity index (χ1) is 18.4. The molecular weight excluding hydrogens is 490 g/mol. The highest BCUT2D eigenvalue weighted by molar-refractivity contribution is 5.78. The molecule has 0 bridgehead atoms. The molecule has 0 radical (unpaired) electrons. The summed E-state index contributed by atoms with van der Waals surface area (Å²) in [6.45, 7) is 2.91. The van der Waals surface area contributed by atoms with E-state index in [2.05, 4.69) is 5.32 Å². The topological polar surface area (TPSA) is 120 Å². The molecule has 0 aromatic heterocycles. The molecule has 9 nitrogen and oxygen atoms in total. The van der Waals surface area contributed by atoms with Crippen molar-refractivity contribution in [2.45, 2.75) is 32.9 Å². The van der Waals surface area contributed by atoms with Crippen LogP contribution in [0.4, 0.5) is 4.79 Å². The van der Waals surface area contributed by atoms with E-state index in [4.69, 9.17) is 24.1 Å². The molecule has 0 amide bonds. The van der Waals surface area contributed by atoms with E-state index in [0.29, 0.717) is 31.0 Å². The number of carbonyl (C=O) groups excluding carboxylic acids is 2. The van der Waals surface area contributed by atoms with Crippen LogP contribution >= 0.6 is 0 Å². The molecule has 0 spiro atoms. The van der Waals surface area contributed by atoms with E-state index in [1.807, 2.05) is 36.4 Å². The van der Waals surface area contributed by atoms with E-state index >= 15 is 0 Å². The Balaban J connectivity index is 1.74. The number of methoxy groups -OCH3 is 1. The monoisotopic (exact) mass is 521 g/mol. The number of hydrogen-bond donors (Lipinski definition) is 2. The normalized spacial score (nSPS) is 10.5. The lowest BCUT2D eigenvalue weighted by Gasteiger charge is -2.16. The fourth-order valence-electron chi connectivity index (χ4n) is 3.82. The smallest absolute Gasteiger partial charge is 0.496 e. The molecule has 9 heteroatoms. The van der Waals surface area contributed by atoms with Gasteiger partial charge in [0.1, 0.15) is 18.1 Å². The van der Waals surface area contributed by atoms with Gasteiger partial charge in [-0.25, -0.2) is 4.79 Å². The summed E-state index contributed by atoms with van der Waals surface area (Å²) in [5, 5.41) is 12.2. The zero-order valence-electron chi connectivity index (χ0n) is 21.4. The van der Waals surface area contributed by atoms with Crippen LogP contribution in [0.3, 0.4) is 0 Å². The Morgan fingerprint density at radius 3 is 2.37 bits per heavy atom. The lowest BCUT2D eigenvalue weighted by atomic mass is 9.96. The maximum atomic E-state index is 12.1. The van der Waals surface area contributed by atoms with Crippen molar-refractivity contribution >= 4 is 18.1 Å². The molecule has 200 valence electrons. The fraction of sp³-hybridized carbons (Fsp3) is 0.276. The van der Waals surface area contributed by atoms with E-state index in [1.165, 1.54) is 0 Å². The molecule has 0 aliphatic heterocycles. The third-order valence-corrected chi connectivity index (χ3v) is 5.55. The van der Waals surface area contributed by atoms with Gasteiger partial charge in [0.2, 0.25) is 0 Å². The third-order valence-electron chi connectivity index (χ3n) is 5.55. The van der Waals surface area contributed by atoms with E-state index < -0.39 is 6.16 Å². The van der Waals surface area contributed by atoms with Crippen molar-refractivity contribution in [3.8, 4) is 22.6 Å². The molecule has 0 unspecified atom stereocenters. The van der Waals surface area contributed by atoms with Gasteiger partial charge in [-0.15, -0.1) is 0 Å². The van der Waals surface area contributed by atoms with Crippen molar-refractivity contribution in [1.29, 1.82) is 0 Å². The van der Waals surface area contributed by atoms with Gasteiger partial charge >= 0.3 is 18.1 Å². The standard InChI is InChI=1S/C29H31NO8/c1-3-36-28(32)16-21-9-12-26(35-2)25(15-21)24-11-10-23(38-29(33)34)17-22(24)18-30-14-13-27(31)37-19-20-7-5-4-6-8-20/h4-12,15,17,30H,3,13-14,16,18-19H2,1-2H3,(H,33,34). The first-order valence-corrected chi connectivity index (χ1v) is 12.2. The summed E-state index contributed by atoms with van der Waals surface area (Å²) < 4.78 is 20.8. The van der Waals surface area contributed by atoms with Crippen molar-refractivity contribution in [2.75, 3.05) is 20.3 Å². The number of rotatable bonds is 13. The average molecular weight is 522 g/mol. The summed E-state index contributed by atoms with van der Waals surface area (Å²) in [4.78, 5) is 35.2. The van der Waals surface area contributed by atoms with Gasteiger partial charge in [-0.2, -0.15) is 0 Å². The second-order valence-corrected chi connectivity index (χ2v) is 8.28. The Bertz CT molecular complexity index is 1240. The molecule has 3 aromatic carbocycles. The molecule has 3 aromatic rings. The lowest BCUT2D eigenvalue weighted by Crippen LogP contribution is -2.19.